The smallest absolute Gasteiger partial charge is 0.283 e. The first kappa shape index (κ1) is 14.5. The van der Waals surface area contributed by atoms with E-state index in [0.29, 0.717) is 9.89 Å². The second kappa shape index (κ2) is 6.05. The third kappa shape index (κ3) is 3.00. The number of nitrogens with zero attached hydrogens (tertiary/aromatic N) is 2. The molecule has 0 radical (unpaired) electrons. The van der Waals surface area contributed by atoms with E-state index in [2.05, 4.69) is 33.3 Å². The van der Waals surface area contributed by atoms with Gasteiger partial charge >= 0.3 is 0 Å². The molecule has 1 aliphatic rings. The molecule has 1 heterocycles. The Morgan fingerprint density at radius 3 is 2.84 bits per heavy atom. The van der Waals surface area contributed by atoms with Gasteiger partial charge in [0.1, 0.15) is 4.47 Å². The topological polar surface area (TPSA) is 67.2 Å². The normalized spacial score (nSPS) is 17.0. The summed E-state index contributed by atoms with van der Waals surface area (Å²) < 4.78 is 1.75. The zero-order valence-electron chi connectivity index (χ0n) is 11.2. The second-order valence-corrected chi connectivity index (χ2v) is 5.98. The molecule has 0 bridgehead atoms. The molecule has 0 atom stereocenters. The number of aliphatic hydroxyl groups excluding tert-OH is 1. The Balaban J connectivity index is 2.09. The number of aromatic nitrogens is 2. The predicted molar refractivity (Wildman–Crippen MR) is 78.3 cm³/mol. The minimum absolute atomic E-state index is 0.0922. The lowest BCUT2D eigenvalue weighted by Crippen LogP contribution is -2.36. The van der Waals surface area contributed by atoms with Gasteiger partial charge in [0.25, 0.3) is 5.56 Å². The zero-order valence-corrected chi connectivity index (χ0v) is 12.7. The number of nitrogens with one attached hydrogen (secondary N) is 1. The van der Waals surface area contributed by atoms with Crippen LogP contribution < -0.4 is 10.9 Å². The monoisotopic (exact) mass is 329 g/mol. The fourth-order valence-corrected chi connectivity index (χ4v) is 2.90. The van der Waals surface area contributed by atoms with E-state index in [-0.39, 0.29) is 18.7 Å². The summed E-state index contributed by atoms with van der Waals surface area (Å²) in [6, 6.07) is 0. The molecular weight excluding hydrogens is 310 g/mol. The van der Waals surface area contributed by atoms with E-state index in [1.807, 2.05) is 0 Å². The molecule has 6 heteroatoms. The van der Waals surface area contributed by atoms with Gasteiger partial charge in [-0.25, -0.2) is 4.68 Å². The molecule has 1 aliphatic carbocycles. The number of anilines is 1. The average molecular weight is 330 g/mol. The van der Waals surface area contributed by atoms with Crippen molar-refractivity contribution in [2.45, 2.75) is 39.2 Å². The third-order valence-corrected chi connectivity index (χ3v) is 4.88. The summed E-state index contributed by atoms with van der Waals surface area (Å²) in [6.45, 7) is 3.22. The lowest BCUT2D eigenvalue weighted by Gasteiger charge is -2.41. The van der Waals surface area contributed by atoms with Crippen LogP contribution in [-0.2, 0) is 6.54 Å². The van der Waals surface area contributed by atoms with E-state index in [1.165, 1.54) is 23.9 Å². The van der Waals surface area contributed by atoms with Gasteiger partial charge in [-0.05, 0) is 40.6 Å². The highest BCUT2D eigenvalue weighted by Crippen LogP contribution is 2.43. The lowest BCUT2D eigenvalue weighted by atomic mass is 9.67. The number of rotatable bonds is 6. The maximum absolute atomic E-state index is 12.0. The summed E-state index contributed by atoms with van der Waals surface area (Å²) in [6.07, 6.45) is 6.61. The molecule has 0 unspecified atom stereocenters. The van der Waals surface area contributed by atoms with Gasteiger partial charge in [-0.2, -0.15) is 5.10 Å². The van der Waals surface area contributed by atoms with Crippen molar-refractivity contribution < 1.29 is 5.11 Å². The van der Waals surface area contributed by atoms with Crippen molar-refractivity contribution in [1.29, 1.82) is 0 Å². The van der Waals surface area contributed by atoms with Crippen molar-refractivity contribution in [2.75, 3.05) is 18.5 Å². The van der Waals surface area contributed by atoms with Crippen LogP contribution in [0.2, 0.25) is 0 Å². The van der Waals surface area contributed by atoms with Crippen molar-refractivity contribution >= 4 is 21.6 Å². The van der Waals surface area contributed by atoms with Crippen LogP contribution >= 0.6 is 15.9 Å². The van der Waals surface area contributed by atoms with E-state index >= 15 is 0 Å². The summed E-state index contributed by atoms with van der Waals surface area (Å²) in [5.41, 5.74) is 0.913. The first-order chi connectivity index (χ1) is 9.12. The summed E-state index contributed by atoms with van der Waals surface area (Å²) in [5.74, 6) is 0. The van der Waals surface area contributed by atoms with Gasteiger partial charge in [0.05, 0.1) is 25.0 Å². The van der Waals surface area contributed by atoms with Gasteiger partial charge in [-0.15, -0.1) is 0 Å². The maximum atomic E-state index is 12.0. The quantitative estimate of drug-likeness (QED) is 0.837. The number of aliphatic hydroxyl groups is 1. The summed E-state index contributed by atoms with van der Waals surface area (Å²) in [5, 5.41) is 16.2. The summed E-state index contributed by atoms with van der Waals surface area (Å²) in [7, 11) is 0. The standard InChI is InChI=1S/C13H20BrN3O2/c1-2-13(4-3-5-13)9-15-10-8-16-17(6-7-18)12(19)11(10)14/h8,15,18H,2-7,9H2,1H3. The van der Waals surface area contributed by atoms with E-state index in [0.717, 1.165) is 18.7 Å². The van der Waals surface area contributed by atoms with Crippen LogP contribution in [0.25, 0.3) is 0 Å². The molecule has 19 heavy (non-hydrogen) atoms. The third-order valence-electron chi connectivity index (χ3n) is 4.11. The Hall–Kier alpha value is -0.880. The van der Waals surface area contributed by atoms with E-state index in [9.17, 15) is 4.79 Å². The molecule has 1 fully saturated rings. The van der Waals surface area contributed by atoms with E-state index in [4.69, 9.17) is 5.11 Å². The molecule has 0 amide bonds. The molecule has 0 saturated heterocycles. The average Bonchev–Trinajstić information content (AvgIpc) is 2.37. The lowest BCUT2D eigenvalue weighted by molar-refractivity contribution is 0.145. The molecule has 0 spiro atoms. The largest absolute Gasteiger partial charge is 0.394 e. The highest BCUT2D eigenvalue weighted by molar-refractivity contribution is 9.10. The van der Waals surface area contributed by atoms with Crippen LogP contribution in [0.1, 0.15) is 32.6 Å². The molecule has 0 aromatic carbocycles. The van der Waals surface area contributed by atoms with Gasteiger partial charge in [0, 0.05) is 6.54 Å². The Labute approximate surface area is 121 Å². The van der Waals surface area contributed by atoms with Gasteiger partial charge in [0.2, 0.25) is 0 Å². The predicted octanol–water partition coefficient (Wildman–Crippen LogP) is 1.99. The van der Waals surface area contributed by atoms with Crippen LogP contribution in [0.5, 0.6) is 0 Å². The molecule has 1 aromatic heterocycles. The Morgan fingerprint density at radius 2 is 2.32 bits per heavy atom. The molecule has 0 aliphatic heterocycles. The van der Waals surface area contributed by atoms with Gasteiger partial charge in [-0.1, -0.05) is 13.3 Å². The summed E-state index contributed by atoms with van der Waals surface area (Å²) >= 11 is 3.31. The van der Waals surface area contributed by atoms with Crippen LogP contribution in [-0.4, -0.2) is 28.0 Å². The SMILES string of the molecule is CCC1(CNc2cnn(CCO)c(=O)c2Br)CCC1. The van der Waals surface area contributed by atoms with E-state index in [1.54, 1.807) is 6.20 Å². The molecule has 106 valence electrons. The molecule has 2 rings (SSSR count). The number of halogens is 1. The molecule has 1 aromatic rings. The second-order valence-electron chi connectivity index (χ2n) is 5.18. The van der Waals surface area contributed by atoms with Gasteiger partial charge in [0.15, 0.2) is 0 Å². The van der Waals surface area contributed by atoms with Crippen LogP contribution in [0.4, 0.5) is 5.69 Å². The first-order valence-corrected chi connectivity index (χ1v) is 7.51. The van der Waals surface area contributed by atoms with E-state index < -0.39 is 0 Å². The Morgan fingerprint density at radius 1 is 1.58 bits per heavy atom. The van der Waals surface area contributed by atoms with Crippen molar-refractivity contribution in [3.05, 3.63) is 21.0 Å². The Kier molecular flexibility index (Phi) is 4.62. The molecule has 5 nitrogen and oxygen atoms in total. The molecule has 1 saturated carbocycles. The zero-order chi connectivity index (χ0) is 13.9. The molecule has 2 N–H and O–H groups in total. The van der Waals surface area contributed by atoms with Crippen molar-refractivity contribution in [3.63, 3.8) is 0 Å². The van der Waals surface area contributed by atoms with Crippen molar-refractivity contribution in [1.82, 2.24) is 9.78 Å². The first-order valence-electron chi connectivity index (χ1n) is 6.72. The molecular formula is C13H20BrN3O2. The van der Waals surface area contributed by atoms with Crippen LogP contribution in [0, 0.1) is 5.41 Å². The van der Waals surface area contributed by atoms with Crippen molar-refractivity contribution in [3.8, 4) is 0 Å². The fourth-order valence-electron chi connectivity index (χ4n) is 2.46. The van der Waals surface area contributed by atoms with Gasteiger partial charge in [-0.3, -0.25) is 4.79 Å². The maximum Gasteiger partial charge on any atom is 0.283 e. The fraction of sp³-hybridized carbons (Fsp3) is 0.692. The van der Waals surface area contributed by atoms with Gasteiger partial charge < -0.3 is 10.4 Å². The highest BCUT2D eigenvalue weighted by Gasteiger charge is 2.34. The number of hydrogen-bond acceptors (Lipinski definition) is 4. The minimum Gasteiger partial charge on any atom is -0.394 e. The van der Waals surface area contributed by atoms with Crippen molar-refractivity contribution in [2.24, 2.45) is 5.41 Å². The van der Waals surface area contributed by atoms with Crippen LogP contribution in [0.3, 0.4) is 0 Å². The minimum atomic E-state index is -0.210. The Bertz CT molecular complexity index is 492. The highest BCUT2D eigenvalue weighted by atomic mass is 79.9. The summed E-state index contributed by atoms with van der Waals surface area (Å²) in [4.78, 5) is 12.0. The number of hydrogen-bond donors (Lipinski definition) is 2. The van der Waals surface area contributed by atoms with Crippen LogP contribution in [0.15, 0.2) is 15.5 Å².